The van der Waals surface area contributed by atoms with Crippen molar-refractivity contribution in [3.05, 3.63) is 41.7 Å². The molecule has 10 heteroatoms. The SMILES string of the molecule is CN(C)Cc1ccc(Nc2nc(N3CCCC(NC(=O)N(C)C)C3)cnc2C(N)=O)cc1. The largest absolute Gasteiger partial charge is 0.364 e. The van der Waals surface area contributed by atoms with E-state index in [4.69, 9.17) is 5.73 Å². The van der Waals surface area contributed by atoms with Gasteiger partial charge in [-0.1, -0.05) is 12.1 Å². The summed E-state index contributed by atoms with van der Waals surface area (Å²) in [4.78, 5) is 38.5. The molecule has 1 aliphatic heterocycles. The molecule has 3 amide bonds. The van der Waals surface area contributed by atoms with Gasteiger partial charge in [0, 0.05) is 45.5 Å². The fourth-order valence-electron chi connectivity index (χ4n) is 3.60. The maximum atomic E-state index is 12.0. The smallest absolute Gasteiger partial charge is 0.317 e. The second kappa shape index (κ2) is 10.3. The topological polar surface area (TPSA) is 120 Å². The van der Waals surface area contributed by atoms with Gasteiger partial charge < -0.3 is 31.1 Å². The van der Waals surface area contributed by atoms with Gasteiger partial charge in [-0.25, -0.2) is 14.8 Å². The molecule has 32 heavy (non-hydrogen) atoms. The van der Waals surface area contributed by atoms with Crippen molar-refractivity contribution in [2.24, 2.45) is 5.73 Å². The standard InChI is InChI=1S/C22H32N8O2/c1-28(2)13-15-7-9-16(10-8-15)25-21-19(20(23)31)24-12-18(27-21)30-11-5-6-17(14-30)26-22(32)29(3)4/h7-10,12,17H,5-6,11,13-14H2,1-4H3,(H2,23,31)(H,25,27)(H,26,32). The van der Waals surface area contributed by atoms with E-state index >= 15 is 0 Å². The van der Waals surface area contributed by atoms with Crippen molar-refractivity contribution >= 4 is 29.3 Å². The van der Waals surface area contributed by atoms with Gasteiger partial charge in [0.25, 0.3) is 5.91 Å². The predicted octanol–water partition coefficient (Wildman–Crippen LogP) is 1.62. The van der Waals surface area contributed by atoms with Crippen molar-refractivity contribution in [3.8, 4) is 0 Å². The zero-order valence-corrected chi connectivity index (χ0v) is 19.1. The lowest BCUT2D eigenvalue weighted by Crippen LogP contribution is -2.50. The van der Waals surface area contributed by atoms with Gasteiger partial charge >= 0.3 is 6.03 Å². The molecule has 1 aromatic heterocycles. The monoisotopic (exact) mass is 440 g/mol. The van der Waals surface area contributed by atoms with Crippen LogP contribution in [-0.4, -0.2) is 79.0 Å². The van der Waals surface area contributed by atoms with E-state index in [1.54, 1.807) is 20.3 Å². The van der Waals surface area contributed by atoms with Crippen LogP contribution in [0.2, 0.25) is 0 Å². The number of carbonyl (C=O) groups excluding carboxylic acids is 2. The number of primary amides is 1. The Morgan fingerprint density at radius 3 is 2.53 bits per heavy atom. The van der Waals surface area contributed by atoms with Crippen LogP contribution in [0.15, 0.2) is 30.5 Å². The highest BCUT2D eigenvalue weighted by atomic mass is 16.2. The van der Waals surface area contributed by atoms with Crippen molar-refractivity contribution in [2.75, 3.05) is 51.5 Å². The van der Waals surface area contributed by atoms with Gasteiger partial charge in [0.1, 0.15) is 5.82 Å². The van der Waals surface area contributed by atoms with Gasteiger partial charge in [-0.05, 0) is 44.6 Å². The van der Waals surface area contributed by atoms with Crippen molar-refractivity contribution in [1.29, 1.82) is 0 Å². The Morgan fingerprint density at radius 2 is 1.91 bits per heavy atom. The lowest BCUT2D eigenvalue weighted by Gasteiger charge is -2.34. The van der Waals surface area contributed by atoms with Gasteiger partial charge in [0.2, 0.25) is 0 Å². The molecule has 10 nitrogen and oxygen atoms in total. The Morgan fingerprint density at radius 1 is 1.19 bits per heavy atom. The lowest BCUT2D eigenvalue weighted by atomic mass is 10.1. The Labute approximate surface area is 188 Å². The molecule has 3 rings (SSSR count). The lowest BCUT2D eigenvalue weighted by molar-refractivity contribution is 0.0996. The third-order valence-corrected chi connectivity index (χ3v) is 5.19. The molecular formula is C22H32N8O2. The fraction of sp³-hybridized carbons (Fsp3) is 0.455. The maximum Gasteiger partial charge on any atom is 0.317 e. The van der Waals surface area contributed by atoms with Gasteiger partial charge in [0.05, 0.1) is 6.20 Å². The minimum Gasteiger partial charge on any atom is -0.364 e. The molecular weight excluding hydrogens is 408 g/mol. The summed E-state index contributed by atoms with van der Waals surface area (Å²) < 4.78 is 0. The minimum absolute atomic E-state index is 0.0110. The molecule has 0 spiro atoms. The first-order chi connectivity index (χ1) is 15.2. The van der Waals surface area contributed by atoms with E-state index in [0.717, 1.165) is 31.6 Å². The fourth-order valence-corrected chi connectivity index (χ4v) is 3.60. The summed E-state index contributed by atoms with van der Waals surface area (Å²) in [5.74, 6) is 0.297. The van der Waals surface area contributed by atoms with E-state index in [0.29, 0.717) is 18.2 Å². The van der Waals surface area contributed by atoms with Crippen LogP contribution in [0.5, 0.6) is 0 Å². The number of nitrogens with zero attached hydrogens (tertiary/aromatic N) is 5. The zero-order valence-electron chi connectivity index (χ0n) is 19.1. The summed E-state index contributed by atoms with van der Waals surface area (Å²) >= 11 is 0. The zero-order chi connectivity index (χ0) is 23.3. The number of urea groups is 1. The number of hydrogen-bond donors (Lipinski definition) is 3. The van der Waals surface area contributed by atoms with E-state index in [1.165, 1.54) is 10.5 Å². The van der Waals surface area contributed by atoms with Crippen LogP contribution < -0.4 is 21.3 Å². The van der Waals surface area contributed by atoms with E-state index < -0.39 is 5.91 Å². The minimum atomic E-state index is -0.648. The molecule has 0 bridgehead atoms. The number of nitrogens with two attached hydrogens (primary N) is 1. The second-order valence-electron chi connectivity index (χ2n) is 8.48. The van der Waals surface area contributed by atoms with Gasteiger partial charge in [-0.15, -0.1) is 0 Å². The van der Waals surface area contributed by atoms with Crippen molar-refractivity contribution in [2.45, 2.75) is 25.4 Å². The number of hydrogen-bond acceptors (Lipinski definition) is 7. The van der Waals surface area contributed by atoms with Crippen LogP contribution in [0.4, 0.5) is 22.1 Å². The summed E-state index contributed by atoms with van der Waals surface area (Å²) in [5.41, 5.74) is 7.58. The highest BCUT2D eigenvalue weighted by Crippen LogP contribution is 2.24. The summed E-state index contributed by atoms with van der Waals surface area (Å²) in [6.07, 6.45) is 3.36. The number of nitrogens with one attached hydrogen (secondary N) is 2. The van der Waals surface area contributed by atoms with Crippen molar-refractivity contribution < 1.29 is 9.59 Å². The number of aromatic nitrogens is 2. The normalized spacial score (nSPS) is 16.0. The Kier molecular flexibility index (Phi) is 7.47. The summed E-state index contributed by atoms with van der Waals surface area (Å²) in [6.45, 7) is 2.24. The van der Waals surface area contributed by atoms with Crippen LogP contribution in [0.25, 0.3) is 0 Å². The molecule has 4 N–H and O–H groups in total. The Hall–Kier alpha value is -3.40. The summed E-state index contributed by atoms with van der Waals surface area (Å²) in [7, 11) is 7.47. The average Bonchev–Trinajstić information content (AvgIpc) is 2.74. The molecule has 2 heterocycles. The molecule has 172 valence electrons. The van der Waals surface area contributed by atoms with Crippen LogP contribution >= 0.6 is 0 Å². The first-order valence-electron chi connectivity index (χ1n) is 10.6. The maximum absolute atomic E-state index is 12.0. The number of amides is 3. The second-order valence-corrected chi connectivity index (χ2v) is 8.48. The highest BCUT2D eigenvalue weighted by molar-refractivity contribution is 5.96. The molecule has 1 fully saturated rings. The first-order valence-corrected chi connectivity index (χ1v) is 10.6. The van der Waals surface area contributed by atoms with Crippen molar-refractivity contribution in [1.82, 2.24) is 25.1 Å². The number of carbonyl (C=O) groups is 2. The average molecular weight is 441 g/mol. The summed E-state index contributed by atoms with van der Waals surface area (Å²) in [6, 6.07) is 7.81. The molecule has 2 aromatic rings. The molecule has 1 atom stereocenters. The highest BCUT2D eigenvalue weighted by Gasteiger charge is 2.24. The Balaban J connectivity index is 1.78. The van der Waals surface area contributed by atoms with Crippen molar-refractivity contribution in [3.63, 3.8) is 0 Å². The quantitative estimate of drug-likeness (QED) is 0.598. The number of piperidine rings is 1. The molecule has 1 aliphatic rings. The third kappa shape index (κ3) is 6.07. The van der Waals surface area contributed by atoms with Crippen LogP contribution in [0.3, 0.4) is 0 Å². The van der Waals surface area contributed by atoms with E-state index in [-0.39, 0.29) is 17.8 Å². The van der Waals surface area contributed by atoms with E-state index in [1.807, 2.05) is 38.4 Å². The molecule has 0 radical (unpaired) electrons. The first kappa shape index (κ1) is 23.3. The van der Waals surface area contributed by atoms with Gasteiger partial charge in [0.15, 0.2) is 11.5 Å². The van der Waals surface area contributed by atoms with Gasteiger partial charge in [-0.3, -0.25) is 4.79 Å². The third-order valence-electron chi connectivity index (χ3n) is 5.19. The van der Waals surface area contributed by atoms with Crippen LogP contribution in [0, 0.1) is 0 Å². The number of rotatable bonds is 7. The predicted molar refractivity (Wildman–Crippen MR) is 125 cm³/mol. The Bertz CT molecular complexity index is 945. The number of benzene rings is 1. The molecule has 1 unspecified atom stereocenters. The molecule has 0 saturated carbocycles. The van der Waals surface area contributed by atoms with Gasteiger partial charge in [-0.2, -0.15) is 0 Å². The summed E-state index contributed by atoms with van der Waals surface area (Å²) in [5, 5.41) is 6.21. The van der Waals surface area contributed by atoms with E-state index in [9.17, 15) is 9.59 Å². The van der Waals surface area contributed by atoms with Crippen LogP contribution in [0.1, 0.15) is 28.9 Å². The van der Waals surface area contributed by atoms with Crippen LogP contribution in [-0.2, 0) is 6.54 Å². The number of anilines is 3. The van der Waals surface area contributed by atoms with E-state index in [2.05, 4.69) is 30.4 Å². The molecule has 0 aliphatic carbocycles. The molecule has 1 saturated heterocycles. The molecule has 1 aromatic carbocycles.